The number of benzene rings is 11. The molecular formula is C65H43NS. The molecule has 0 fully saturated rings. The largest absolute Gasteiger partial charge is 0.308 e. The molecule has 1 aliphatic carbocycles. The maximum absolute atomic E-state index is 2.55. The van der Waals surface area contributed by atoms with Crippen molar-refractivity contribution >= 4 is 59.3 Å². The number of rotatable bonds is 8. The smallest absolute Gasteiger partial charge is 0.0714 e. The Morgan fingerprint density at radius 3 is 1.60 bits per heavy atom. The minimum absolute atomic E-state index is 0.533. The number of hydrogen-bond donors (Lipinski definition) is 0. The molecule has 0 amide bonds. The third-order valence-electron chi connectivity index (χ3n) is 13.9. The van der Waals surface area contributed by atoms with E-state index in [2.05, 4.69) is 266 Å². The highest BCUT2D eigenvalue weighted by Gasteiger charge is 2.47. The molecule has 0 atom stereocenters. The summed E-state index contributed by atoms with van der Waals surface area (Å²) >= 11 is 1.91. The first-order chi connectivity index (χ1) is 33.3. The van der Waals surface area contributed by atoms with E-state index in [0.29, 0.717) is 0 Å². The third kappa shape index (κ3) is 6.22. The van der Waals surface area contributed by atoms with Gasteiger partial charge in [-0.05, 0) is 102 Å². The summed E-state index contributed by atoms with van der Waals surface area (Å²) < 4.78 is 2.54. The van der Waals surface area contributed by atoms with Crippen LogP contribution < -0.4 is 4.90 Å². The van der Waals surface area contributed by atoms with Gasteiger partial charge in [0, 0.05) is 26.7 Å². The van der Waals surface area contributed by atoms with E-state index in [4.69, 9.17) is 0 Å². The van der Waals surface area contributed by atoms with Crippen LogP contribution >= 0.6 is 11.3 Å². The van der Waals surface area contributed by atoms with E-state index >= 15 is 0 Å². The van der Waals surface area contributed by atoms with Crippen molar-refractivity contribution in [2.45, 2.75) is 5.41 Å². The van der Waals surface area contributed by atoms with Gasteiger partial charge in [-0.3, -0.25) is 0 Å². The Morgan fingerprint density at radius 2 is 0.881 bits per heavy atom. The van der Waals surface area contributed by atoms with E-state index in [1.54, 1.807) is 0 Å². The Morgan fingerprint density at radius 1 is 0.328 bits per heavy atom. The van der Waals surface area contributed by atoms with Gasteiger partial charge in [0.05, 0.1) is 21.5 Å². The molecular weight excluding hydrogens is 827 g/mol. The Hall–Kier alpha value is -8.30. The van der Waals surface area contributed by atoms with Gasteiger partial charge in [0.25, 0.3) is 0 Å². The van der Waals surface area contributed by atoms with Crippen molar-refractivity contribution in [3.63, 3.8) is 0 Å². The first-order valence-electron chi connectivity index (χ1n) is 23.1. The fourth-order valence-electron chi connectivity index (χ4n) is 11.0. The van der Waals surface area contributed by atoms with Crippen LogP contribution in [-0.4, -0.2) is 0 Å². The Labute approximate surface area is 395 Å². The third-order valence-corrected chi connectivity index (χ3v) is 15.2. The molecule has 0 aliphatic heterocycles. The topological polar surface area (TPSA) is 3.24 Å². The molecule has 0 bridgehead atoms. The van der Waals surface area contributed by atoms with Crippen molar-refractivity contribution in [2.24, 2.45) is 0 Å². The van der Waals surface area contributed by atoms with Gasteiger partial charge >= 0.3 is 0 Å². The molecule has 13 rings (SSSR count). The first kappa shape index (κ1) is 39.1. The molecule has 0 unspecified atom stereocenters. The van der Waals surface area contributed by atoms with Gasteiger partial charge in [-0.2, -0.15) is 0 Å². The second-order valence-corrected chi connectivity index (χ2v) is 18.5. The quantitative estimate of drug-likeness (QED) is 0.147. The monoisotopic (exact) mass is 869 g/mol. The van der Waals surface area contributed by atoms with Crippen LogP contribution in [-0.2, 0) is 5.41 Å². The van der Waals surface area contributed by atoms with Gasteiger partial charge in [0.1, 0.15) is 0 Å². The minimum atomic E-state index is -0.533. The van der Waals surface area contributed by atoms with E-state index < -0.39 is 5.41 Å². The molecule has 0 radical (unpaired) electrons. The molecule has 12 aromatic rings. The predicted octanol–water partition coefficient (Wildman–Crippen LogP) is 18.0. The van der Waals surface area contributed by atoms with Crippen LogP contribution in [0.2, 0.25) is 0 Å². The summed E-state index contributed by atoms with van der Waals surface area (Å²) in [6.07, 6.45) is 0. The van der Waals surface area contributed by atoms with Crippen LogP contribution in [0.5, 0.6) is 0 Å². The van der Waals surface area contributed by atoms with Crippen molar-refractivity contribution < 1.29 is 0 Å². The van der Waals surface area contributed by atoms with Crippen LogP contribution in [0.4, 0.5) is 17.1 Å². The lowest BCUT2D eigenvalue weighted by Gasteiger charge is -2.34. The zero-order valence-electron chi connectivity index (χ0n) is 36.7. The van der Waals surface area contributed by atoms with E-state index in [1.165, 1.54) is 97.7 Å². The van der Waals surface area contributed by atoms with Crippen LogP contribution in [0.1, 0.15) is 22.3 Å². The second-order valence-electron chi connectivity index (χ2n) is 17.5. The maximum atomic E-state index is 2.55. The molecule has 314 valence electrons. The molecule has 2 heteroatoms. The lowest BCUT2D eigenvalue weighted by Crippen LogP contribution is -2.28. The summed E-state index contributed by atoms with van der Waals surface area (Å²) in [5.74, 6) is 0. The van der Waals surface area contributed by atoms with Crippen molar-refractivity contribution in [2.75, 3.05) is 4.90 Å². The highest BCUT2D eigenvalue weighted by molar-refractivity contribution is 7.27. The van der Waals surface area contributed by atoms with Crippen molar-refractivity contribution in [1.29, 1.82) is 0 Å². The fourth-order valence-corrected chi connectivity index (χ4v) is 12.4. The summed E-state index contributed by atoms with van der Waals surface area (Å²) in [7, 11) is 0. The Balaban J connectivity index is 1.10. The first-order valence-corrected chi connectivity index (χ1v) is 23.9. The van der Waals surface area contributed by atoms with Crippen LogP contribution in [0.3, 0.4) is 0 Å². The molecule has 0 N–H and O–H groups in total. The highest BCUT2D eigenvalue weighted by Crippen LogP contribution is 2.60. The molecule has 1 nitrogen and oxygen atoms in total. The van der Waals surface area contributed by atoms with Crippen LogP contribution in [0.15, 0.2) is 261 Å². The number of nitrogens with zero attached hydrogens (tertiary/aromatic N) is 1. The van der Waals surface area contributed by atoms with Crippen LogP contribution in [0, 0.1) is 0 Å². The molecule has 0 saturated carbocycles. The summed E-state index contributed by atoms with van der Waals surface area (Å²) in [4.78, 5) is 2.55. The van der Waals surface area contributed by atoms with E-state index in [0.717, 1.165) is 17.1 Å². The van der Waals surface area contributed by atoms with Crippen molar-refractivity contribution in [1.82, 2.24) is 0 Å². The lowest BCUT2D eigenvalue weighted by atomic mass is 9.68. The Kier molecular flexibility index (Phi) is 9.33. The van der Waals surface area contributed by atoms with Gasteiger partial charge in [-0.15, -0.1) is 11.3 Å². The van der Waals surface area contributed by atoms with E-state index in [9.17, 15) is 0 Å². The van der Waals surface area contributed by atoms with Crippen molar-refractivity contribution in [3.8, 4) is 44.5 Å². The number of fused-ring (bicyclic) bond motifs is 7. The summed E-state index contributed by atoms with van der Waals surface area (Å²) in [6.45, 7) is 0. The summed E-state index contributed by atoms with van der Waals surface area (Å²) in [6, 6.07) is 96.3. The summed E-state index contributed by atoms with van der Waals surface area (Å²) in [5, 5.41) is 5.03. The SMILES string of the molecule is c1ccc(-c2ccc(-c3ccccc3)c3c2sc2c(N(c4ccc(-c5ccc6ccccc6c5)cc4)c4cccc5c4-c4ccccc4C5(c4ccccc4)c4ccccc4)cccc23)cc1. The van der Waals surface area contributed by atoms with Gasteiger partial charge < -0.3 is 4.90 Å². The van der Waals surface area contributed by atoms with E-state index in [1.807, 2.05) is 11.3 Å². The van der Waals surface area contributed by atoms with Gasteiger partial charge in [0.2, 0.25) is 0 Å². The normalized spacial score (nSPS) is 12.6. The maximum Gasteiger partial charge on any atom is 0.0714 e. The fraction of sp³-hybridized carbons (Fsp3) is 0.0154. The van der Waals surface area contributed by atoms with Gasteiger partial charge in [-0.1, -0.05) is 231 Å². The Bertz CT molecular complexity index is 3740. The molecule has 1 aromatic heterocycles. The predicted molar refractivity (Wildman–Crippen MR) is 285 cm³/mol. The molecule has 0 saturated heterocycles. The average molecular weight is 870 g/mol. The highest BCUT2D eigenvalue weighted by atomic mass is 32.1. The number of hydrogen-bond acceptors (Lipinski definition) is 2. The minimum Gasteiger partial charge on any atom is -0.308 e. The molecule has 1 aliphatic rings. The molecule has 1 heterocycles. The zero-order chi connectivity index (χ0) is 44.3. The lowest BCUT2D eigenvalue weighted by molar-refractivity contribution is 0.768. The summed E-state index contributed by atoms with van der Waals surface area (Å²) in [5.41, 5.74) is 17.8. The van der Waals surface area contributed by atoms with Crippen molar-refractivity contribution in [3.05, 3.63) is 283 Å². The second kappa shape index (κ2) is 16.0. The molecule has 0 spiro atoms. The zero-order valence-corrected chi connectivity index (χ0v) is 37.5. The molecule has 67 heavy (non-hydrogen) atoms. The standard InChI is InChI=1S/C65H43NS/c1-5-20-46(21-6-1)53-41-42-54(47-22-7-2-8-23-47)64-61(53)56-30-17-34-60(63(56)67-64)66(52-39-37-45(38-40-52)49-36-35-44-19-13-14-24-48(44)43-49)59-33-18-32-58-62(59)55-29-15-16-31-57(55)65(58,50-25-9-3-10-26-50)51-27-11-4-12-28-51/h1-43H. The average Bonchev–Trinajstić information content (AvgIpc) is 3.95. The number of thiophene rings is 1. The molecule has 11 aromatic carbocycles. The van der Waals surface area contributed by atoms with Gasteiger partial charge in [-0.25, -0.2) is 0 Å². The number of anilines is 3. The van der Waals surface area contributed by atoms with Gasteiger partial charge in [0.15, 0.2) is 0 Å². The van der Waals surface area contributed by atoms with E-state index in [-0.39, 0.29) is 0 Å². The van der Waals surface area contributed by atoms with Crippen LogP contribution in [0.25, 0.3) is 75.5 Å².